The molecule has 2 nitrogen and oxygen atoms in total. The van der Waals surface area contributed by atoms with Crippen LogP contribution in [0.2, 0.25) is 0 Å². The third-order valence-corrected chi connectivity index (χ3v) is 3.55. The van der Waals surface area contributed by atoms with Gasteiger partial charge in [-0.1, -0.05) is 6.92 Å². The highest BCUT2D eigenvalue weighted by Crippen LogP contribution is 2.13. The van der Waals surface area contributed by atoms with Crippen LogP contribution in [0.5, 0.6) is 0 Å². The molecule has 0 saturated carbocycles. The van der Waals surface area contributed by atoms with Crippen LogP contribution in [-0.2, 0) is 4.74 Å². The highest BCUT2D eigenvalue weighted by molar-refractivity contribution is 7.98. The monoisotopic (exact) mass is 217 g/mol. The van der Waals surface area contributed by atoms with Crippen molar-refractivity contribution >= 4 is 11.8 Å². The van der Waals surface area contributed by atoms with Crippen molar-refractivity contribution in [1.82, 2.24) is 5.32 Å². The average Bonchev–Trinajstić information content (AvgIpc) is 2.25. The zero-order valence-electron chi connectivity index (χ0n) is 9.42. The van der Waals surface area contributed by atoms with Crippen LogP contribution < -0.4 is 5.32 Å². The van der Waals surface area contributed by atoms with Gasteiger partial charge in [-0.15, -0.1) is 0 Å². The van der Waals surface area contributed by atoms with Gasteiger partial charge in [-0.3, -0.25) is 0 Å². The molecule has 2 unspecified atom stereocenters. The van der Waals surface area contributed by atoms with E-state index in [9.17, 15) is 0 Å². The van der Waals surface area contributed by atoms with Crippen LogP contribution in [0, 0.1) is 5.92 Å². The Balaban J connectivity index is 2.10. The Morgan fingerprint density at radius 1 is 1.57 bits per heavy atom. The summed E-state index contributed by atoms with van der Waals surface area (Å²) in [5.74, 6) is 1.98. The molecule has 0 bridgehead atoms. The summed E-state index contributed by atoms with van der Waals surface area (Å²) in [6.07, 6.45) is 5.98. The summed E-state index contributed by atoms with van der Waals surface area (Å²) < 4.78 is 5.46. The highest BCUT2D eigenvalue weighted by atomic mass is 32.2. The van der Waals surface area contributed by atoms with E-state index in [-0.39, 0.29) is 0 Å². The fraction of sp³-hybridized carbons (Fsp3) is 1.00. The van der Waals surface area contributed by atoms with Crippen LogP contribution in [0.15, 0.2) is 0 Å². The molecule has 1 aliphatic heterocycles. The van der Waals surface area contributed by atoms with Gasteiger partial charge in [-0.2, -0.15) is 11.8 Å². The molecule has 3 heteroatoms. The van der Waals surface area contributed by atoms with Crippen molar-refractivity contribution in [1.29, 1.82) is 0 Å². The molecule has 0 spiro atoms. The van der Waals surface area contributed by atoms with Crippen molar-refractivity contribution < 1.29 is 4.74 Å². The molecule has 0 aromatic rings. The second-order valence-corrected chi connectivity index (χ2v) is 4.96. The number of hydrogen-bond donors (Lipinski definition) is 1. The summed E-state index contributed by atoms with van der Waals surface area (Å²) in [7, 11) is 0. The SMILES string of the molecule is CCC(CSC)NCC1CCCOC1. The second-order valence-electron chi connectivity index (χ2n) is 4.05. The molecule has 1 saturated heterocycles. The second kappa shape index (κ2) is 7.55. The molecule has 84 valence electrons. The lowest BCUT2D eigenvalue weighted by Gasteiger charge is -2.25. The number of thioether (sulfide) groups is 1. The van der Waals surface area contributed by atoms with E-state index < -0.39 is 0 Å². The minimum absolute atomic E-state index is 0.687. The summed E-state index contributed by atoms with van der Waals surface area (Å²) >= 11 is 1.93. The van der Waals surface area contributed by atoms with E-state index in [1.807, 2.05) is 11.8 Å². The molecule has 0 radical (unpaired) electrons. The summed E-state index contributed by atoms with van der Waals surface area (Å²) in [4.78, 5) is 0. The van der Waals surface area contributed by atoms with E-state index in [1.165, 1.54) is 25.0 Å². The summed E-state index contributed by atoms with van der Waals surface area (Å²) in [5, 5.41) is 3.64. The number of rotatable bonds is 6. The molecule has 1 heterocycles. The van der Waals surface area contributed by atoms with Gasteiger partial charge in [0.15, 0.2) is 0 Å². The highest BCUT2D eigenvalue weighted by Gasteiger charge is 2.14. The third-order valence-electron chi connectivity index (χ3n) is 2.81. The first kappa shape index (κ1) is 12.3. The van der Waals surface area contributed by atoms with E-state index in [2.05, 4.69) is 18.5 Å². The zero-order chi connectivity index (χ0) is 10.2. The maximum atomic E-state index is 5.46. The van der Waals surface area contributed by atoms with Gasteiger partial charge in [0, 0.05) is 24.9 Å². The van der Waals surface area contributed by atoms with Gasteiger partial charge >= 0.3 is 0 Å². The average molecular weight is 217 g/mol. The standard InChI is InChI=1S/C11H23NOS/c1-3-11(9-14-2)12-7-10-5-4-6-13-8-10/h10-12H,3-9H2,1-2H3. The summed E-state index contributed by atoms with van der Waals surface area (Å²) in [6, 6.07) is 0.687. The summed E-state index contributed by atoms with van der Waals surface area (Å²) in [5.41, 5.74) is 0. The fourth-order valence-corrected chi connectivity index (χ4v) is 2.58. The molecule has 2 atom stereocenters. The van der Waals surface area contributed by atoms with E-state index in [1.54, 1.807) is 0 Å². The van der Waals surface area contributed by atoms with Gasteiger partial charge in [0.05, 0.1) is 6.61 Å². The first-order valence-corrected chi connectivity index (χ1v) is 7.06. The molecule has 1 aliphatic rings. The van der Waals surface area contributed by atoms with Gasteiger partial charge in [0.2, 0.25) is 0 Å². The van der Waals surface area contributed by atoms with E-state index in [0.717, 1.165) is 25.7 Å². The van der Waals surface area contributed by atoms with Crippen LogP contribution in [0.3, 0.4) is 0 Å². The summed E-state index contributed by atoms with van der Waals surface area (Å²) in [6.45, 7) is 5.32. The van der Waals surface area contributed by atoms with Crippen LogP contribution in [0.1, 0.15) is 26.2 Å². The van der Waals surface area contributed by atoms with Crippen LogP contribution >= 0.6 is 11.8 Å². The third kappa shape index (κ3) is 4.67. The van der Waals surface area contributed by atoms with E-state index >= 15 is 0 Å². The Labute approximate surface area is 92.2 Å². The quantitative estimate of drug-likeness (QED) is 0.736. The number of ether oxygens (including phenoxy) is 1. The maximum Gasteiger partial charge on any atom is 0.0506 e. The van der Waals surface area contributed by atoms with E-state index in [0.29, 0.717) is 6.04 Å². The normalized spacial score (nSPS) is 24.9. The van der Waals surface area contributed by atoms with Crippen LogP contribution in [0.25, 0.3) is 0 Å². The van der Waals surface area contributed by atoms with Gasteiger partial charge in [-0.25, -0.2) is 0 Å². The Bertz CT molecular complexity index is 132. The predicted octanol–water partition coefficient (Wildman–Crippen LogP) is 2.14. The van der Waals surface area contributed by atoms with Gasteiger partial charge in [0.1, 0.15) is 0 Å². The molecule has 0 amide bonds. The van der Waals surface area contributed by atoms with E-state index in [4.69, 9.17) is 4.74 Å². The van der Waals surface area contributed by atoms with Crippen molar-refractivity contribution in [3.63, 3.8) is 0 Å². The van der Waals surface area contributed by atoms with Crippen molar-refractivity contribution in [3.8, 4) is 0 Å². The molecular formula is C11H23NOS. The molecular weight excluding hydrogens is 194 g/mol. The van der Waals surface area contributed by atoms with Crippen LogP contribution in [0.4, 0.5) is 0 Å². The van der Waals surface area contributed by atoms with Crippen molar-refractivity contribution in [2.45, 2.75) is 32.2 Å². The molecule has 0 aromatic heterocycles. The van der Waals surface area contributed by atoms with Crippen molar-refractivity contribution in [3.05, 3.63) is 0 Å². The first-order valence-electron chi connectivity index (χ1n) is 5.66. The fourth-order valence-electron chi connectivity index (χ4n) is 1.82. The predicted molar refractivity (Wildman–Crippen MR) is 64.0 cm³/mol. The van der Waals surface area contributed by atoms with Gasteiger partial charge < -0.3 is 10.1 Å². The number of hydrogen-bond acceptors (Lipinski definition) is 3. The zero-order valence-corrected chi connectivity index (χ0v) is 10.2. The van der Waals surface area contributed by atoms with Crippen molar-refractivity contribution in [2.75, 3.05) is 31.8 Å². The Hall–Kier alpha value is 0.270. The Morgan fingerprint density at radius 2 is 2.43 bits per heavy atom. The number of nitrogens with one attached hydrogen (secondary N) is 1. The largest absolute Gasteiger partial charge is 0.381 e. The lowest BCUT2D eigenvalue weighted by molar-refractivity contribution is 0.0540. The topological polar surface area (TPSA) is 21.3 Å². The lowest BCUT2D eigenvalue weighted by atomic mass is 10.0. The molecule has 14 heavy (non-hydrogen) atoms. The first-order chi connectivity index (χ1) is 6.86. The van der Waals surface area contributed by atoms with Crippen LogP contribution in [-0.4, -0.2) is 37.8 Å². The Kier molecular flexibility index (Phi) is 6.65. The minimum Gasteiger partial charge on any atom is -0.381 e. The maximum absolute atomic E-state index is 5.46. The molecule has 1 N–H and O–H groups in total. The lowest BCUT2D eigenvalue weighted by Crippen LogP contribution is -2.37. The van der Waals surface area contributed by atoms with Crippen molar-refractivity contribution in [2.24, 2.45) is 5.92 Å². The Morgan fingerprint density at radius 3 is 3.00 bits per heavy atom. The van der Waals surface area contributed by atoms with Gasteiger partial charge in [0.25, 0.3) is 0 Å². The van der Waals surface area contributed by atoms with Gasteiger partial charge in [-0.05, 0) is 31.4 Å². The molecule has 0 aliphatic carbocycles. The smallest absolute Gasteiger partial charge is 0.0506 e. The molecule has 1 fully saturated rings. The molecule has 0 aromatic carbocycles. The minimum atomic E-state index is 0.687. The molecule has 1 rings (SSSR count).